The molecule has 0 aromatic heterocycles. The molecule has 0 saturated carbocycles. The lowest BCUT2D eigenvalue weighted by molar-refractivity contribution is -0.137. The molecule has 1 aliphatic rings. The van der Waals surface area contributed by atoms with Crippen molar-refractivity contribution in [3.8, 4) is 5.75 Å². The fraction of sp³-hybridized carbons (Fsp3) is 0.350. The van der Waals surface area contributed by atoms with Gasteiger partial charge in [-0.05, 0) is 42.2 Å². The van der Waals surface area contributed by atoms with E-state index in [1.807, 2.05) is 18.2 Å². The number of nitrogens with zero attached hydrogens (tertiary/aromatic N) is 1. The van der Waals surface area contributed by atoms with Crippen molar-refractivity contribution in [2.24, 2.45) is 0 Å². The van der Waals surface area contributed by atoms with Crippen molar-refractivity contribution in [1.82, 2.24) is 0 Å². The number of hydrogen-bond acceptors (Lipinski definition) is 3. The van der Waals surface area contributed by atoms with Gasteiger partial charge in [0, 0.05) is 24.7 Å². The van der Waals surface area contributed by atoms with E-state index >= 15 is 0 Å². The van der Waals surface area contributed by atoms with E-state index in [1.54, 1.807) is 7.11 Å². The smallest absolute Gasteiger partial charge is 0.305 e. The molecule has 2 aromatic rings. The van der Waals surface area contributed by atoms with E-state index in [0.717, 1.165) is 42.8 Å². The third-order valence-electron chi connectivity index (χ3n) is 4.64. The number of anilines is 1. The van der Waals surface area contributed by atoms with E-state index < -0.39 is 5.97 Å². The van der Waals surface area contributed by atoms with Gasteiger partial charge in [0.25, 0.3) is 0 Å². The first-order chi connectivity index (χ1) is 11.7. The number of aliphatic carboxylic acids is 1. The molecule has 0 spiro atoms. The summed E-state index contributed by atoms with van der Waals surface area (Å²) in [6, 6.07) is 16.6. The van der Waals surface area contributed by atoms with Crippen molar-refractivity contribution in [2.45, 2.75) is 31.7 Å². The van der Waals surface area contributed by atoms with Crippen molar-refractivity contribution >= 4 is 11.7 Å². The molecule has 4 nitrogen and oxygen atoms in total. The second-order valence-corrected chi connectivity index (χ2v) is 6.24. The second kappa shape index (κ2) is 7.39. The highest BCUT2D eigenvalue weighted by atomic mass is 16.5. The molecular weight excluding hydrogens is 302 g/mol. The van der Waals surface area contributed by atoms with Crippen LogP contribution in [0.5, 0.6) is 5.75 Å². The largest absolute Gasteiger partial charge is 0.496 e. The van der Waals surface area contributed by atoms with Gasteiger partial charge in [-0.15, -0.1) is 0 Å². The summed E-state index contributed by atoms with van der Waals surface area (Å²) in [5.74, 6) is 0.183. The number of para-hydroxylation sites is 1. The number of rotatable bonds is 6. The second-order valence-electron chi connectivity index (χ2n) is 6.24. The first kappa shape index (κ1) is 16.4. The van der Waals surface area contributed by atoms with Crippen LogP contribution >= 0.6 is 0 Å². The van der Waals surface area contributed by atoms with Crippen LogP contribution in [0, 0.1) is 0 Å². The molecule has 2 aromatic carbocycles. The molecule has 0 amide bonds. The van der Waals surface area contributed by atoms with Gasteiger partial charge in [0.05, 0.1) is 13.5 Å². The fourth-order valence-corrected chi connectivity index (χ4v) is 3.46. The molecule has 0 aliphatic carbocycles. The zero-order chi connectivity index (χ0) is 16.9. The summed E-state index contributed by atoms with van der Waals surface area (Å²) in [6.45, 7) is 0.934. The van der Waals surface area contributed by atoms with Gasteiger partial charge in [0.1, 0.15) is 5.75 Å². The van der Waals surface area contributed by atoms with E-state index in [2.05, 4.69) is 35.2 Å². The van der Waals surface area contributed by atoms with E-state index in [-0.39, 0.29) is 12.5 Å². The van der Waals surface area contributed by atoms with Crippen molar-refractivity contribution in [3.63, 3.8) is 0 Å². The van der Waals surface area contributed by atoms with Gasteiger partial charge in [-0.2, -0.15) is 0 Å². The van der Waals surface area contributed by atoms with Crippen LogP contribution in [0.1, 0.15) is 30.4 Å². The molecule has 126 valence electrons. The third kappa shape index (κ3) is 3.70. The molecule has 0 bridgehead atoms. The molecule has 1 aliphatic heterocycles. The lowest BCUT2D eigenvalue weighted by atomic mass is 10.0. The maximum atomic E-state index is 11.0. The highest BCUT2D eigenvalue weighted by molar-refractivity contribution is 5.69. The highest BCUT2D eigenvalue weighted by Gasteiger charge is 2.26. The molecule has 1 unspecified atom stereocenters. The zero-order valence-electron chi connectivity index (χ0n) is 13.9. The van der Waals surface area contributed by atoms with Gasteiger partial charge in [-0.3, -0.25) is 4.79 Å². The Bertz CT molecular complexity index is 696. The molecule has 1 saturated heterocycles. The SMILES string of the molecule is COc1ccccc1Cc1ccc(N2CCCC2CC(=O)O)cc1. The Balaban J connectivity index is 1.72. The first-order valence-corrected chi connectivity index (χ1v) is 8.36. The Morgan fingerprint density at radius 1 is 1.21 bits per heavy atom. The standard InChI is InChI=1S/C20H23NO3/c1-24-19-7-3-2-5-16(19)13-15-8-10-17(11-9-15)21-12-4-6-18(21)14-20(22)23/h2-3,5,7-11,18H,4,6,12-14H2,1H3,(H,22,23). The van der Waals surface area contributed by atoms with Gasteiger partial charge < -0.3 is 14.7 Å². The van der Waals surface area contributed by atoms with E-state index in [4.69, 9.17) is 9.84 Å². The summed E-state index contributed by atoms with van der Waals surface area (Å²) in [6.07, 6.45) is 3.04. The van der Waals surface area contributed by atoms with Crippen LogP contribution in [0.3, 0.4) is 0 Å². The van der Waals surface area contributed by atoms with E-state index in [1.165, 1.54) is 5.56 Å². The average molecular weight is 325 g/mol. The molecule has 1 atom stereocenters. The number of carboxylic acids is 1. The van der Waals surface area contributed by atoms with Gasteiger partial charge in [-0.1, -0.05) is 30.3 Å². The Kier molecular flexibility index (Phi) is 5.04. The van der Waals surface area contributed by atoms with Crippen molar-refractivity contribution < 1.29 is 14.6 Å². The summed E-state index contributed by atoms with van der Waals surface area (Å²) >= 11 is 0. The maximum absolute atomic E-state index is 11.0. The normalized spacial score (nSPS) is 17.0. The van der Waals surface area contributed by atoms with Gasteiger partial charge in [0.15, 0.2) is 0 Å². The molecule has 0 radical (unpaired) electrons. The maximum Gasteiger partial charge on any atom is 0.305 e. The predicted molar refractivity (Wildman–Crippen MR) is 94.9 cm³/mol. The van der Waals surface area contributed by atoms with Crippen LogP contribution in [-0.4, -0.2) is 30.8 Å². The minimum Gasteiger partial charge on any atom is -0.496 e. The summed E-state index contributed by atoms with van der Waals surface area (Å²) in [5, 5.41) is 9.06. The number of methoxy groups -OCH3 is 1. The van der Waals surface area contributed by atoms with Crippen LogP contribution in [0.25, 0.3) is 0 Å². The van der Waals surface area contributed by atoms with Crippen molar-refractivity contribution in [3.05, 3.63) is 59.7 Å². The Morgan fingerprint density at radius 3 is 2.67 bits per heavy atom. The fourth-order valence-electron chi connectivity index (χ4n) is 3.46. The predicted octanol–water partition coefficient (Wildman–Crippen LogP) is 3.73. The lowest BCUT2D eigenvalue weighted by Crippen LogP contribution is -2.31. The first-order valence-electron chi connectivity index (χ1n) is 8.36. The van der Waals surface area contributed by atoms with Crippen LogP contribution in [0.4, 0.5) is 5.69 Å². The number of carboxylic acid groups (broad SMARTS) is 1. The quantitative estimate of drug-likeness (QED) is 0.879. The monoisotopic (exact) mass is 325 g/mol. The lowest BCUT2D eigenvalue weighted by Gasteiger charge is -2.26. The topological polar surface area (TPSA) is 49.8 Å². The number of benzene rings is 2. The van der Waals surface area contributed by atoms with E-state index in [0.29, 0.717) is 0 Å². The van der Waals surface area contributed by atoms with E-state index in [9.17, 15) is 4.79 Å². The van der Waals surface area contributed by atoms with Crippen molar-refractivity contribution in [2.75, 3.05) is 18.6 Å². The third-order valence-corrected chi connectivity index (χ3v) is 4.64. The number of ether oxygens (including phenoxy) is 1. The van der Waals surface area contributed by atoms with Gasteiger partial charge >= 0.3 is 5.97 Å². The minimum absolute atomic E-state index is 0.113. The van der Waals surface area contributed by atoms with Crippen LogP contribution in [0.2, 0.25) is 0 Å². The zero-order valence-corrected chi connectivity index (χ0v) is 13.9. The van der Waals surface area contributed by atoms with Crippen LogP contribution < -0.4 is 9.64 Å². The summed E-state index contributed by atoms with van der Waals surface area (Å²) in [5.41, 5.74) is 3.50. The number of hydrogen-bond donors (Lipinski definition) is 1. The average Bonchev–Trinajstić information content (AvgIpc) is 3.03. The van der Waals surface area contributed by atoms with Gasteiger partial charge in [0.2, 0.25) is 0 Å². The Morgan fingerprint density at radius 2 is 1.96 bits per heavy atom. The number of carbonyl (C=O) groups is 1. The summed E-state index contributed by atoms with van der Waals surface area (Å²) < 4.78 is 5.41. The van der Waals surface area contributed by atoms with Crippen molar-refractivity contribution in [1.29, 1.82) is 0 Å². The van der Waals surface area contributed by atoms with Crippen LogP contribution in [-0.2, 0) is 11.2 Å². The highest BCUT2D eigenvalue weighted by Crippen LogP contribution is 2.28. The molecule has 3 rings (SSSR count). The molecule has 4 heteroatoms. The molecule has 1 N–H and O–H groups in total. The molecule has 1 heterocycles. The van der Waals surface area contributed by atoms with Gasteiger partial charge in [-0.25, -0.2) is 0 Å². The molecular formula is C20H23NO3. The Labute approximate surface area is 142 Å². The summed E-state index contributed by atoms with van der Waals surface area (Å²) in [4.78, 5) is 13.2. The molecule has 24 heavy (non-hydrogen) atoms. The molecule has 1 fully saturated rings. The minimum atomic E-state index is -0.723. The van der Waals surface area contributed by atoms with Crippen LogP contribution in [0.15, 0.2) is 48.5 Å². The summed E-state index contributed by atoms with van der Waals surface area (Å²) in [7, 11) is 1.69. The Hall–Kier alpha value is -2.49.